The SMILES string of the molecule is Cc1ccc(-c2cccc(-c3c4ccccc4c(-c4cccc5c(-c6c(C)cc(C)cc6C)cccc45)c4ccccc34)c2)nc1. The second-order valence-electron chi connectivity index (χ2n) is 12.6. The van der Waals surface area contributed by atoms with Gasteiger partial charge >= 0.3 is 0 Å². The van der Waals surface area contributed by atoms with Crippen LogP contribution in [0.25, 0.3) is 77.0 Å². The fourth-order valence-electron chi connectivity index (χ4n) is 7.55. The number of hydrogen-bond donors (Lipinski definition) is 0. The van der Waals surface area contributed by atoms with Gasteiger partial charge in [0.05, 0.1) is 5.69 Å². The van der Waals surface area contributed by atoms with Crippen LogP contribution in [0.1, 0.15) is 22.3 Å². The molecule has 1 heteroatoms. The van der Waals surface area contributed by atoms with Gasteiger partial charge in [0, 0.05) is 11.8 Å². The van der Waals surface area contributed by atoms with Crippen LogP contribution < -0.4 is 0 Å². The molecule has 0 bridgehead atoms. The molecular weight excluding hydrogens is 555 g/mol. The van der Waals surface area contributed by atoms with E-state index in [0.717, 1.165) is 16.8 Å². The van der Waals surface area contributed by atoms with Crippen LogP contribution in [-0.4, -0.2) is 4.98 Å². The highest BCUT2D eigenvalue weighted by molar-refractivity contribution is 6.24. The third kappa shape index (κ3) is 4.59. The van der Waals surface area contributed by atoms with Crippen LogP contribution in [0, 0.1) is 27.7 Å². The van der Waals surface area contributed by atoms with Gasteiger partial charge in [-0.2, -0.15) is 0 Å². The summed E-state index contributed by atoms with van der Waals surface area (Å²) >= 11 is 0. The van der Waals surface area contributed by atoms with E-state index in [1.54, 1.807) is 0 Å². The summed E-state index contributed by atoms with van der Waals surface area (Å²) in [6.45, 7) is 8.73. The van der Waals surface area contributed by atoms with Gasteiger partial charge in [-0.15, -0.1) is 0 Å². The first-order valence-electron chi connectivity index (χ1n) is 16.0. The van der Waals surface area contributed by atoms with Crippen molar-refractivity contribution in [2.75, 3.05) is 0 Å². The quantitative estimate of drug-likeness (QED) is 0.186. The molecule has 0 spiro atoms. The van der Waals surface area contributed by atoms with E-state index >= 15 is 0 Å². The highest BCUT2D eigenvalue weighted by Gasteiger charge is 2.19. The fourth-order valence-corrected chi connectivity index (χ4v) is 7.55. The van der Waals surface area contributed by atoms with Crippen LogP contribution in [0.4, 0.5) is 0 Å². The van der Waals surface area contributed by atoms with Crippen molar-refractivity contribution < 1.29 is 0 Å². The molecule has 1 aromatic heterocycles. The van der Waals surface area contributed by atoms with Crippen LogP contribution in [0.3, 0.4) is 0 Å². The number of rotatable bonds is 4. The van der Waals surface area contributed by atoms with Gasteiger partial charge in [0.25, 0.3) is 0 Å². The van der Waals surface area contributed by atoms with Gasteiger partial charge in [0.15, 0.2) is 0 Å². The molecule has 0 atom stereocenters. The number of aromatic nitrogens is 1. The zero-order valence-corrected chi connectivity index (χ0v) is 26.7. The Labute approximate surface area is 270 Å². The summed E-state index contributed by atoms with van der Waals surface area (Å²) in [6.07, 6.45) is 1.94. The second-order valence-corrected chi connectivity index (χ2v) is 12.6. The molecule has 0 saturated heterocycles. The second kappa shape index (κ2) is 11.1. The van der Waals surface area contributed by atoms with E-state index in [0.29, 0.717) is 0 Å². The summed E-state index contributed by atoms with van der Waals surface area (Å²) < 4.78 is 0. The van der Waals surface area contributed by atoms with Crippen molar-refractivity contribution in [2.24, 2.45) is 0 Å². The predicted molar refractivity (Wildman–Crippen MR) is 197 cm³/mol. The zero-order valence-electron chi connectivity index (χ0n) is 26.7. The van der Waals surface area contributed by atoms with E-state index in [4.69, 9.17) is 4.98 Å². The summed E-state index contributed by atoms with van der Waals surface area (Å²) in [4.78, 5) is 4.73. The maximum atomic E-state index is 4.73. The minimum absolute atomic E-state index is 0.989. The van der Waals surface area contributed by atoms with E-state index in [9.17, 15) is 0 Å². The predicted octanol–water partition coefficient (Wildman–Crippen LogP) is 12.4. The smallest absolute Gasteiger partial charge is 0.0702 e. The van der Waals surface area contributed by atoms with Crippen molar-refractivity contribution in [3.8, 4) is 44.6 Å². The largest absolute Gasteiger partial charge is 0.256 e. The van der Waals surface area contributed by atoms with Crippen molar-refractivity contribution >= 4 is 32.3 Å². The van der Waals surface area contributed by atoms with E-state index in [1.807, 2.05) is 6.20 Å². The van der Waals surface area contributed by atoms with Gasteiger partial charge in [-0.25, -0.2) is 0 Å². The van der Waals surface area contributed by atoms with E-state index in [-0.39, 0.29) is 0 Å². The Morgan fingerprint density at radius 3 is 1.43 bits per heavy atom. The molecule has 7 aromatic carbocycles. The van der Waals surface area contributed by atoms with Gasteiger partial charge in [-0.05, 0) is 122 Å². The lowest BCUT2D eigenvalue weighted by Crippen LogP contribution is -1.94. The maximum Gasteiger partial charge on any atom is 0.0702 e. The van der Waals surface area contributed by atoms with Crippen molar-refractivity contribution in [1.29, 1.82) is 0 Å². The highest BCUT2D eigenvalue weighted by Crippen LogP contribution is 2.46. The molecule has 1 heterocycles. The highest BCUT2D eigenvalue weighted by atomic mass is 14.7. The minimum atomic E-state index is 0.989. The van der Waals surface area contributed by atoms with E-state index in [1.165, 1.54) is 82.4 Å². The molecule has 8 rings (SSSR count). The van der Waals surface area contributed by atoms with Gasteiger partial charge < -0.3 is 0 Å². The van der Waals surface area contributed by atoms with Crippen LogP contribution >= 0.6 is 0 Å². The van der Waals surface area contributed by atoms with Gasteiger partial charge in [0.1, 0.15) is 0 Å². The fraction of sp³-hybridized carbons (Fsp3) is 0.0889. The first-order valence-corrected chi connectivity index (χ1v) is 16.0. The average molecular weight is 590 g/mol. The summed E-state index contributed by atoms with van der Waals surface area (Å²) in [7, 11) is 0. The monoisotopic (exact) mass is 589 g/mol. The molecule has 0 aliphatic rings. The maximum absolute atomic E-state index is 4.73. The molecular formula is C45H35N. The molecule has 0 fully saturated rings. The molecule has 0 unspecified atom stereocenters. The summed E-state index contributed by atoms with van der Waals surface area (Å²) in [5.74, 6) is 0. The molecule has 0 aliphatic carbocycles. The Balaban J connectivity index is 1.42. The van der Waals surface area contributed by atoms with Gasteiger partial charge in [-0.1, -0.05) is 127 Å². The third-order valence-electron chi connectivity index (χ3n) is 9.43. The Morgan fingerprint density at radius 1 is 0.370 bits per heavy atom. The Bertz CT molecular complexity index is 2370. The molecule has 0 N–H and O–H groups in total. The molecule has 46 heavy (non-hydrogen) atoms. The van der Waals surface area contributed by atoms with Crippen molar-refractivity contribution in [1.82, 2.24) is 4.98 Å². The van der Waals surface area contributed by atoms with Crippen LogP contribution in [0.2, 0.25) is 0 Å². The lowest BCUT2D eigenvalue weighted by molar-refractivity contribution is 1.27. The molecule has 0 radical (unpaired) electrons. The minimum Gasteiger partial charge on any atom is -0.256 e. The van der Waals surface area contributed by atoms with Crippen molar-refractivity contribution in [3.05, 3.63) is 162 Å². The normalized spacial score (nSPS) is 11.5. The standard InChI is InChI=1S/C45H35N/c1-28-22-23-42(46-27-28)32-12-9-13-33(26-32)44-38-14-5-7-16-40(38)45(41-17-8-6-15-39(41)44)37-21-11-18-34-35(37)19-10-20-36(34)43-30(3)24-29(2)25-31(43)4/h5-27H,1-4H3. The number of hydrogen-bond acceptors (Lipinski definition) is 1. The molecule has 8 aromatic rings. The van der Waals surface area contributed by atoms with E-state index in [2.05, 4.69) is 161 Å². The molecule has 1 nitrogen and oxygen atoms in total. The number of benzene rings is 7. The number of fused-ring (bicyclic) bond motifs is 3. The van der Waals surface area contributed by atoms with Crippen molar-refractivity contribution in [2.45, 2.75) is 27.7 Å². The number of nitrogens with zero attached hydrogens (tertiary/aromatic N) is 1. The van der Waals surface area contributed by atoms with Crippen molar-refractivity contribution in [3.63, 3.8) is 0 Å². The lowest BCUT2D eigenvalue weighted by Gasteiger charge is -2.20. The average Bonchev–Trinajstić information content (AvgIpc) is 3.07. The topological polar surface area (TPSA) is 12.9 Å². The molecule has 0 aliphatic heterocycles. The third-order valence-corrected chi connectivity index (χ3v) is 9.43. The first-order chi connectivity index (χ1) is 22.5. The van der Waals surface area contributed by atoms with Crippen LogP contribution in [0.15, 0.2) is 140 Å². The number of pyridine rings is 1. The Kier molecular flexibility index (Phi) is 6.76. The summed E-state index contributed by atoms with van der Waals surface area (Å²) in [6, 6.07) is 49.2. The number of aryl methyl sites for hydroxylation is 4. The Morgan fingerprint density at radius 2 is 0.870 bits per heavy atom. The zero-order chi connectivity index (χ0) is 31.4. The van der Waals surface area contributed by atoms with Gasteiger partial charge in [-0.3, -0.25) is 4.98 Å². The molecule has 0 amide bonds. The van der Waals surface area contributed by atoms with Gasteiger partial charge in [0.2, 0.25) is 0 Å². The van der Waals surface area contributed by atoms with Crippen LogP contribution in [0.5, 0.6) is 0 Å². The van der Waals surface area contributed by atoms with Crippen LogP contribution in [-0.2, 0) is 0 Å². The summed E-state index contributed by atoms with van der Waals surface area (Å²) in [5, 5.41) is 7.58. The first kappa shape index (κ1) is 28.0. The summed E-state index contributed by atoms with van der Waals surface area (Å²) in [5.41, 5.74) is 14.8. The van der Waals surface area contributed by atoms with E-state index < -0.39 is 0 Å². The molecule has 220 valence electrons. The Hall–Kier alpha value is -5.53. The molecule has 0 saturated carbocycles. The lowest BCUT2D eigenvalue weighted by atomic mass is 9.83.